The average molecular weight is 624 g/mol. The number of hydrogen-bond acceptors (Lipinski definition) is 11. The van der Waals surface area contributed by atoms with Crippen molar-refractivity contribution in [3.05, 3.63) is 45.3 Å². The van der Waals surface area contributed by atoms with Crippen LogP contribution in [0.3, 0.4) is 0 Å². The molecule has 2 aromatic rings. The molecular formula is C24H24ClN6O8S2+. The Labute approximate surface area is 245 Å². The van der Waals surface area contributed by atoms with Crippen molar-refractivity contribution in [1.82, 2.24) is 15.2 Å². The van der Waals surface area contributed by atoms with E-state index >= 15 is 0 Å². The van der Waals surface area contributed by atoms with Crippen molar-refractivity contribution in [2.24, 2.45) is 5.16 Å². The van der Waals surface area contributed by atoms with Crippen molar-refractivity contribution < 1.29 is 43.5 Å². The second-order valence-corrected chi connectivity index (χ2v) is 12.0. The molecule has 216 valence electrons. The zero-order valence-corrected chi connectivity index (χ0v) is 23.8. The molecular weight excluding hydrogens is 600 g/mol. The van der Waals surface area contributed by atoms with Crippen LogP contribution in [0.5, 0.6) is 5.75 Å². The number of ether oxygens (including phenoxy) is 1. The number of aromatic nitrogens is 2. The maximum absolute atomic E-state index is 13.2. The zero-order valence-electron chi connectivity index (χ0n) is 21.4. The Hall–Kier alpha value is -3.89. The number of halogens is 1. The van der Waals surface area contributed by atoms with E-state index in [1.165, 1.54) is 18.7 Å². The molecule has 5 rings (SSSR count). The number of fused-ring (bicyclic) bond motifs is 2. The normalized spacial score (nSPS) is 20.8. The Kier molecular flexibility index (Phi) is 8.06. The van der Waals surface area contributed by atoms with Gasteiger partial charge < -0.3 is 30.8 Å². The van der Waals surface area contributed by atoms with Crippen LogP contribution in [0.2, 0.25) is 4.34 Å². The number of thiazole rings is 1. The maximum atomic E-state index is 13.2. The molecule has 5 N–H and O–H groups in total. The van der Waals surface area contributed by atoms with Gasteiger partial charge in [-0.2, -0.15) is 0 Å². The highest BCUT2D eigenvalue weighted by Gasteiger charge is 2.55. The van der Waals surface area contributed by atoms with E-state index in [0.717, 1.165) is 40.4 Å². The van der Waals surface area contributed by atoms with Gasteiger partial charge in [-0.05, 0) is 19.8 Å². The van der Waals surface area contributed by atoms with E-state index in [4.69, 9.17) is 32.0 Å². The van der Waals surface area contributed by atoms with Gasteiger partial charge in [0.05, 0.1) is 12.2 Å². The number of carboxylic acids is 2. The number of nitrogens with two attached hydrogens (primary N) is 1. The van der Waals surface area contributed by atoms with E-state index in [1.807, 2.05) is 16.8 Å². The van der Waals surface area contributed by atoms with Crippen LogP contribution < -0.4 is 20.4 Å². The summed E-state index contributed by atoms with van der Waals surface area (Å²) in [6, 6.07) is 0.755. The number of aryl methyl sites for hydroxylation is 1. The Morgan fingerprint density at radius 1 is 1.41 bits per heavy atom. The van der Waals surface area contributed by atoms with Crippen LogP contribution in [0.4, 0.5) is 5.13 Å². The highest BCUT2D eigenvalue weighted by atomic mass is 35.5. The molecule has 0 bridgehead atoms. The van der Waals surface area contributed by atoms with Crippen molar-refractivity contribution in [2.45, 2.75) is 43.8 Å². The summed E-state index contributed by atoms with van der Waals surface area (Å²) in [5.74, 6) is -3.02. The van der Waals surface area contributed by atoms with Gasteiger partial charge in [0, 0.05) is 17.4 Å². The van der Waals surface area contributed by atoms with Gasteiger partial charge in [-0.1, -0.05) is 28.1 Å². The Bertz CT molecular complexity index is 1510. The number of oxime groups is 1. The van der Waals surface area contributed by atoms with Crippen LogP contribution in [-0.4, -0.2) is 79.4 Å². The monoisotopic (exact) mass is 623 g/mol. The number of β-lactam (4-membered cyclic amide) rings is 1. The minimum absolute atomic E-state index is 0.00330. The van der Waals surface area contributed by atoms with E-state index in [1.54, 1.807) is 6.20 Å². The molecule has 3 aliphatic rings. The van der Waals surface area contributed by atoms with E-state index < -0.39 is 47.0 Å². The summed E-state index contributed by atoms with van der Waals surface area (Å²) in [4.78, 5) is 59.9. The second-order valence-electron chi connectivity index (χ2n) is 9.28. The topological polar surface area (TPSA) is 198 Å². The van der Waals surface area contributed by atoms with Crippen molar-refractivity contribution >= 4 is 69.3 Å². The predicted molar refractivity (Wildman–Crippen MR) is 146 cm³/mol. The van der Waals surface area contributed by atoms with E-state index in [9.17, 15) is 24.3 Å². The van der Waals surface area contributed by atoms with Gasteiger partial charge in [0.2, 0.25) is 6.10 Å². The number of nitrogen functional groups attached to an aromatic ring is 1. The van der Waals surface area contributed by atoms with Crippen LogP contribution in [0.15, 0.2) is 34.9 Å². The number of pyridine rings is 1. The third-order valence-corrected chi connectivity index (χ3v) is 8.93. The Morgan fingerprint density at radius 3 is 2.88 bits per heavy atom. The van der Waals surface area contributed by atoms with Gasteiger partial charge in [0.25, 0.3) is 11.8 Å². The molecule has 17 heteroatoms. The molecule has 5 heterocycles. The number of carbonyl (C=O) groups excluding carboxylic acids is 2. The average Bonchev–Trinajstić information content (AvgIpc) is 3.28. The number of nitrogens with one attached hydrogen (secondary N) is 1. The first kappa shape index (κ1) is 28.6. The van der Waals surface area contributed by atoms with Gasteiger partial charge >= 0.3 is 11.9 Å². The first-order valence-corrected chi connectivity index (χ1v) is 14.5. The molecule has 3 aliphatic heterocycles. The summed E-state index contributed by atoms with van der Waals surface area (Å²) in [7, 11) is 0. The lowest BCUT2D eigenvalue weighted by Crippen LogP contribution is -2.71. The molecule has 0 spiro atoms. The number of carboxylic acid groups (broad SMARTS) is 2. The molecule has 1 fully saturated rings. The van der Waals surface area contributed by atoms with Crippen molar-refractivity contribution in [2.75, 3.05) is 18.1 Å². The number of thioether (sulfide) groups is 1. The second kappa shape index (κ2) is 11.5. The van der Waals surface area contributed by atoms with Crippen LogP contribution in [-0.2, 0) is 37.0 Å². The summed E-state index contributed by atoms with van der Waals surface area (Å²) in [5.41, 5.74) is 6.50. The number of aliphatic carboxylic acids is 2. The number of amides is 2. The predicted octanol–water partition coefficient (Wildman–Crippen LogP) is 0.624. The molecule has 14 nitrogen and oxygen atoms in total. The fourth-order valence-electron chi connectivity index (χ4n) is 4.52. The lowest BCUT2D eigenvalue weighted by molar-refractivity contribution is -0.689. The SMILES string of the molecule is C[C@H](O/N=C(\C(=O)N[C@@H]1C(=O)N2C(C(=O)O)=C(C[n+]3ccc4c(c3)CCCO4)CS[C@H]12)c1nc(N)sc1Cl)C(=O)O. The quantitative estimate of drug-likeness (QED) is 0.132. The summed E-state index contributed by atoms with van der Waals surface area (Å²) in [5, 5.41) is 24.6. The largest absolute Gasteiger partial charge is 0.493 e. The summed E-state index contributed by atoms with van der Waals surface area (Å²) in [6.45, 7) is 2.12. The van der Waals surface area contributed by atoms with E-state index in [0.29, 0.717) is 17.9 Å². The van der Waals surface area contributed by atoms with Gasteiger partial charge in [0.15, 0.2) is 29.8 Å². The number of hydrogen-bond donors (Lipinski definition) is 4. The lowest BCUT2D eigenvalue weighted by atomic mass is 10.0. The highest BCUT2D eigenvalue weighted by molar-refractivity contribution is 8.00. The van der Waals surface area contributed by atoms with Gasteiger partial charge in [-0.15, -0.1) is 11.8 Å². The number of carbonyl (C=O) groups is 4. The molecule has 0 saturated carbocycles. The molecule has 3 atom stereocenters. The standard InChI is InChI=1S/C24H23ClN6O8S2/c1-10(22(34)35)39-29-15(14-18(25)41-24(26)28-14)19(32)27-16-20(33)31-17(23(36)37)12(9-40-21(16)31)8-30-5-4-13-11(7-30)3-2-6-38-13/h4-5,7,10,16,21H,2-3,6,8-9H2,1H3,(H4-,26,27,28,32,34,35,36,37)/p+1/b29-15-/t10-,16+,21+/m0/s1. The molecule has 2 aromatic heterocycles. The number of rotatable bonds is 9. The minimum atomic E-state index is -1.40. The molecule has 41 heavy (non-hydrogen) atoms. The van der Waals surface area contributed by atoms with Gasteiger partial charge in [0.1, 0.15) is 32.9 Å². The van der Waals surface area contributed by atoms with Crippen molar-refractivity contribution in [3.8, 4) is 5.75 Å². The summed E-state index contributed by atoms with van der Waals surface area (Å²) in [6.07, 6.45) is 4.08. The third-order valence-electron chi connectivity index (χ3n) is 6.51. The maximum Gasteiger partial charge on any atom is 0.352 e. The minimum Gasteiger partial charge on any atom is -0.493 e. The fraction of sp³-hybridized carbons (Fsp3) is 0.375. The zero-order chi connectivity index (χ0) is 29.4. The molecule has 0 aromatic carbocycles. The van der Waals surface area contributed by atoms with Crippen molar-refractivity contribution in [3.63, 3.8) is 0 Å². The molecule has 1 saturated heterocycles. The highest BCUT2D eigenvalue weighted by Crippen LogP contribution is 2.40. The molecule has 0 radical (unpaired) electrons. The number of nitrogens with zero attached hydrogens (tertiary/aromatic N) is 4. The van der Waals surface area contributed by atoms with E-state index in [-0.39, 0.29) is 27.4 Å². The first-order chi connectivity index (χ1) is 19.5. The van der Waals surface area contributed by atoms with Gasteiger partial charge in [-0.25, -0.2) is 19.1 Å². The lowest BCUT2D eigenvalue weighted by Gasteiger charge is -2.49. The van der Waals surface area contributed by atoms with Crippen LogP contribution >= 0.6 is 34.7 Å². The van der Waals surface area contributed by atoms with Crippen molar-refractivity contribution in [1.29, 1.82) is 0 Å². The van der Waals surface area contributed by atoms with Crippen LogP contribution in [0, 0.1) is 0 Å². The van der Waals surface area contributed by atoms with Crippen LogP contribution in [0.1, 0.15) is 24.6 Å². The summed E-state index contributed by atoms with van der Waals surface area (Å²) < 4.78 is 7.51. The number of anilines is 1. The molecule has 0 unspecified atom stereocenters. The fourth-order valence-corrected chi connectivity index (χ4v) is 6.78. The Morgan fingerprint density at radius 2 is 2.20 bits per heavy atom. The van der Waals surface area contributed by atoms with Crippen LogP contribution in [0.25, 0.3) is 0 Å². The summed E-state index contributed by atoms with van der Waals surface area (Å²) >= 11 is 8.31. The van der Waals surface area contributed by atoms with E-state index in [2.05, 4.69) is 15.5 Å². The van der Waals surface area contributed by atoms with Gasteiger partial charge in [-0.3, -0.25) is 14.5 Å². The molecule has 2 amide bonds. The first-order valence-electron chi connectivity index (χ1n) is 12.3. The molecule has 0 aliphatic carbocycles. The third kappa shape index (κ3) is 5.67. The smallest absolute Gasteiger partial charge is 0.352 e. The Balaban J connectivity index is 1.35.